The molecule has 0 spiro atoms. The molecule has 1 aromatic rings. The predicted molar refractivity (Wildman–Crippen MR) is 147 cm³/mol. The van der Waals surface area contributed by atoms with E-state index in [-0.39, 0.29) is 34.0 Å². The molecule has 0 atom stereocenters. The number of hydrogen-bond acceptors (Lipinski definition) is 6. The highest BCUT2D eigenvalue weighted by atomic mass is 32.2. The maximum Gasteiger partial charge on any atom is 0.352 e. The number of carbonyl (C=O) groups excluding carboxylic acids is 2. The second-order valence-corrected chi connectivity index (χ2v) is 12.5. The Labute approximate surface area is 226 Å². The smallest absolute Gasteiger partial charge is 0.352 e. The lowest BCUT2D eigenvalue weighted by Crippen LogP contribution is -2.41. The zero-order valence-corrected chi connectivity index (χ0v) is 23.7. The largest absolute Gasteiger partial charge is 0.477 e. The Balaban J connectivity index is 1.92. The third-order valence-electron chi connectivity index (χ3n) is 6.02. The maximum atomic E-state index is 12.8. The van der Waals surface area contributed by atoms with Gasteiger partial charge in [0.1, 0.15) is 5.70 Å². The van der Waals surface area contributed by atoms with E-state index in [2.05, 4.69) is 17.0 Å². The summed E-state index contributed by atoms with van der Waals surface area (Å²) in [7, 11) is -4.12. The molecule has 210 valence electrons. The number of unbranched alkanes of at least 4 members (excludes halogenated alkanes) is 4. The summed E-state index contributed by atoms with van der Waals surface area (Å²) in [6, 6.07) is 6.15. The molecule has 0 bridgehead atoms. The van der Waals surface area contributed by atoms with Gasteiger partial charge in [-0.15, -0.1) is 0 Å². The number of aliphatic carboxylic acids is 1. The van der Waals surface area contributed by atoms with Crippen LogP contribution in [0.25, 0.3) is 0 Å². The van der Waals surface area contributed by atoms with E-state index in [1.54, 1.807) is 17.0 Å². The van der Waals surface area contributed by atoms with E-state index in [1.807, 2.05) is 20.8 Å². The number of sulfonamides is 1. The number of benzene rings is 1. The molecular weight excluding hydrogens is 506 g/mol. The lowest BCUT2D eigenvalue weighted by molar-refractivity contribution is -0.134. The van der Waals surface area contributed by atoms with Gasteiger partial charge in [-0.05, 0) is 48.1 Å². The standard InChI is InChI=1S/C28H41N3O6S/c1-5-6-7-8-9-10-25(32)29-18-17-21-11-14-23(15-12-21)38(36,37)30-26(33)22-13-16-24(27(34)35)31(19-22)20-28(2,3)4/h11-16H,5-10,17-20H2,1-4H3,(H,29,32)(H,30,33)(H,34,35). The first-order valence-electron chi connectivity index (χ1n) is 13.1. The molecule has 1 heterocycles. The number of rotatable bonds is 14. The predicted octanol–water partition coefficient (Wildman–Crippen LogP) is 3.77. The van der Waals surface area contributed by atoms with Crippen LogP contribution in [-0.2, 0) is 30.8 Å². The van der Waals surface area contributed by atoms with Crippen LogP contribution in [0, 0.1) is 5.41 Å². The molecule has 2 rings (SSSR count). The van der Waals surface area contributed by atoms with Crippen LogP contribution in [0.5, 0.6) is 0 Å². The van der Waals surface area contributed by atoms with Crippen molar-refractivity contribution in [1.29, 1.82) is 0 Å². The summed E-state index contributed by atoms with van der Waals surface area (Å²) < 4.78 is 27.7. The number of nitrogens with zero attached hydrogens (tertiary/aromatic N) is 1. The van der Waals surface area contributed by atoms with Gasteiger partial charge in [0.15, 0.2) is 0 Å². The van der Waals surface area contributed by atoms with Crippen molar-refractivity contribution in [1.82, 2.24) is 14.9 Å². The molecule has 0 aromatic heterocycles. The van der Waals surface area contributed by atoms with Gasteiger partial charge in [0.25, 0.3) is 15.9 Å². The molecule has 1 aromatic carbocycles. The van der Waals surface area contributed by atoms with Crippen LogP contribution in [0.15, 0.2) is 52.6 Å². The summed E-state index contributed by atoms with van der Waals surface area (Å²) in [5, 5.41) is 12.4. The molecule has 0 unspecified atom stereocenters. The van der Waals surface area contributed by atoms with E-state index in [1.165, 1.54) is 37.1 Å². The molecule has 0 radical (unpaired) electrons. The van der Waals surface area contributed by atoms with Crippen LogP contribution >= 0.6 is 0 Å². The lowest BCUT2D eigenvalue weighted by atomic mass is 9.94. The minimum absolute atomic E-state index is 0.0137. The highest BCUT2D eigenvalue weighted by Crippen LogP contribution is 2.23. The molecule has 0 saturated carbocycles. The third kappa shape index (κ3) is 10.3. The first-order valence-corrected chi connectivity index (χ1v) is 14.6. The van der Waals surface area contributed by atoms with Crippen molar-refractivity contribution >= 4 is 27.8 Å². The molecule has 38 heavy (non-hydrogen) atoms. The summed E-state index contributed by atoms with van der Waals surface area (Å²) in [5.41, 5.74) is 0.828. The van der Waals surface area contributed by atoms with E-state index >= 15 is 0 Å². The molecule has 3 N–H and O–H groups in total. The first-order chi connectivity index (χ1) is 17.8. The van der Waals surface area contributed by atoms with Crippen molar-refractivity contribution in [2.24, 2.45) is 5.41 Å². The Morgan fingerprint density at radius 1 is 1.00 bits per heavy atom. The molecule has 0 saturated heterocycles. The van der Waals surface area contributed by atoms with Crippen LogP contribution in [0.1, 0.15) is 71.8 Å². The monoisotopic (exact) mass is 547 g/mol. The van der Waals surface area contributed by atoms with Crippen LogP contribution in [0.3, 0.4) is 0 Å². The summed E-state index contributed by atoms with van der Waals surface area (Å²) in [5.74, 6) is -1.89. The fourth-order valence-electron chi connectivity index (χ4n) is 4.10. The number of carbonyl (C=O) groups is 3. The number of amides is 2. The van der Waals surface area contributed by atoms with Gasteiger partial charge in [-0.25, -0.2) is 17.9 Å². The van der Waals surface area contributed by atoms with Crippen LogP contribution in [0.2, 0.25) is 0 Å². The summed E-state index contributed by atoms with van der Waals surface area (Å²) >= 11 is 0. The fourth-order valence-corrected chi connectivity index (χ4v) is 5.09. The molecule has 0 fully saturated rings. The van der Waals surface area contributed by atoms with Gasteiger partial charge in [-0.3, -0.25) is 9.59 Å². The Bertz CT molecular complexity index is 1150. The second kappa shape index (κ2) is 14.1. The van der Waals surface area contributed by atoms with E-state index in [9.17, 15) is 27.9 Å². The Kier molecular flexibility index (Phi) is 11.6. The van der Waals surface area contributed by atoms with Crippen molar-refractivity contribution in [3.05, 3.63) is 53.3 Å². The molecule has 0 aliphatic carbocycles. The van der Waals surface area contributed by atoms with E-state index in [0.29, 0.717) is 25.9 Å². The zero-order valence-electron chi connectivity index (χ0n) is 22.9. The van der Waals surface area contributed by atoms with Gasteiger partial charge < -0.3 is 15.3 Å². The highest BCUT2D eigenvalue weighted by Gasteiger charge is 2.29. The van der Waals surface area contributed by atoms with E-state index in [4.69, 9.17) is 0 Å². The molecule has 1 aliphatic rings. The van der Waals surface area contributed by atoms with Crippen LogP contribution in [-0.4, -0.2) is 55.8 Å². The number of carboxylic acid groups (broad SMARTS) is 1. The number of nitrogens with one attached hydrogen (secondary N) is 2. The average molecular weight is 548 g/mol. The SMILES string of the molecule is CCCCCCCC(=O)NCCc1ccc(S(=O)(=O)NC(=O)C2=CC=C(C(=O)O)N(CC(C)(C)C)C2)cc1. The quantitative estimate of drug-likeness (QED) is 0.302. The van der Waals surface area contributed by atoms with Crippen molar-refractivity contribution in [3.63, 3.8) is 0 Å². The highest BCUT2D eigenvalue weighted by molar-refractivity contribution is 7.90. The van der Waals surface area contributed by atoms with Gasteiger partial charge in [0.2, 0.25) is 5.91 Å². The number of allylic oxidation sites excluding steroid dienone is 2. The lowest BCUT2D eigenvalue weighted by Gasteiger charge is -2.34. The van der Waals surface area contributed by atoms with E-state index in [0.717, 1.165) is 24.8 Å². The van der Waals surface area contributed by atoms with Crippen molar-refractivity contribution in [3.8, 4) is 0 Å². The van der Waals surface area contributed by atoms with Gasteiger partial charge in [0.05, 0.1) is 4.90 Å². The Hall–Kier alpha value is -3.14. The minimum Gasteiger partial charge on any atom is -0.477 e. The number of carboxylic acids is 1. The summed E-state index contributed by atoms with van der Waals surface area (Å²) in [6.07, 6.45) is 9.18. The average Bonchev–Trinajstić information content (AvgIpc) is 2.82. The van der Waals surface area contributed by atoms with Crippen molar-refractivity contribution < 1.29 is 27.9 Å². The fraction of sp³-hybridized carbons (Fsp3) is 0.536. The second-order valence-electron chi connectivity index (χ2n) is 10.8. The summed E-state index contributed by atoms with van der Waals surface area (Å²) in [4.78, 5) is 37.8. The van der Waals surface area contributed by atoms with Crippen molar-refractivity contribution in [2.75, 3.05) is 19.6 Å². The molecule has 10 heteroatoms. The maximum absolute atomic E-state index is 12.8. The van der Waals surface area contributed by atoms with Gasteiger partial charge >= 0.3 is 5.97 Å². The van der Waals surface area contributed by atoms with Gasteiger partial charge in [0, 0.05) is 31.6 Å². The number of hydrogen-bond donors (Lipinski definition) is 3. The Morgan fingerprint density at radius 2 is 1.66 bits per heavy atom. The zero-order chi connectivity index (χ0) is 28.3. The molecule has 9 nitrogen and oxygen atoms in total. The van der Waals surface area contributed by atoms with Crippen LogP contribution < -0.4 is 10.0 Å². The van der Waals surface area contributed by atoms with Gasteiger partial charge in [-0.1, -0.05) is 65.5 Å². The van der Waals surface area contributed by atoms with Crippen LogP contribution in [0.4, 0.5) is 0 Å². The normalized spacial score (nSPS) is 13.9. The first kappa shape index (κ1) is 31.1. The van der Waals surface area contributed by atoms with E-state index < -0.39 is 21.9 Å². The van der Waals surface area contributed by atoms with Gasteiger partial charge in [-0.2, -0.15) is 0 Å². The third-order valence-corrected chi connectivity index (χ3v) is 7.37. The van der Waals surface area contributed by atoms with Crippen molar-refractivity contribution in [2.45, 2.75) is 77.5 Å². The molecule has 2 amide bonds. The summed E-state index contributed by atoms with van der Waals surface area (Å²) in [6.45, 7) is 8.82. The minimum atomic E-state index is -4.12. The topological polar surface area (TPSA) is 133 Å². The molecular formula is C28H41N3O6S. The molecule has 1 aliphatic heterocycles. The Morgan fingerprint density at radius 3 is 2.26 bits per heavy atom.